The minimum atomic E-state index is -0.655. The number of hydrogen-bond acceptors (Lipinski definition) is 8. The highest BCUT2D eigenvalue weighted by atomic mass is 79.9. The second kappa shape index (κ2) is 10.7. The maximum absolute atomic E-state index is 12.8. The van der Waals surface area contributed by atoms with Crippen molar-refractivity contribution < 1.29 is 37.8 Å². The number of urea groups is 1. The van der Waals surface area contributed by atoms with Gasteiger partial charge in [-0.05, 0) is 51.8 Å². The molecule has 0 atom stereocenters. The van der Waals surface area contributed by atoms with Crippen molar-refractivity contribution in [3.05, 3.63) is 57.6 Å². The number of esters is 1. The van der Waals surface area contributed by atoms with E-state index in [0.29, 0.717) is 42.1 Å². The number of amides is 4. The molecule has 2 saturated heterocycles. The number of carbonyl (C=O) groups excluding carboxylic acids is 4. The van der Waals surface area contributed by atoms with Crippen LogP contribution in [0.3, 0.4) is 0 Å². The summed E-state index contributed by atoms with van der Waals surface area (Å²) in [7, 11) is 1.22. The highest BCUT2D eigenvalue weighted by Crippen LogP contribution is 2.28. The van der Waals surface area contributed by atoms with Crippen LogP contribution in [0, 0.1) is 0 Å². The molecule has 1 aromatic carbocycles. The van der Waals surface area contributed by atoms with Gasteiger partial charge >= 0.3 is 12.0 Å². The minimum Gasteiger partial charge on any atom is -0.483 e. The van der Waals surface area contributed by atoms with E-state index in [-0.39, 0.29) is 36.3 Å². The Kier molecular flexibility index (Phi) is 7.51. The van der Waals surface area contributed by atoms with Gasteiger partial charge in [0.05, 0.1) is 31.3 Å². The first kappa shape index (κ1) is 24.5. The van der Waals surface area contributed by atoms with Crippen LogP contribution in [-0.2, 0) is 25.6 Å². The zero-order chi connectivity index (χ0) is 24.9. The highest BCUT2D eigenvalue weighted by molar-refractivity contribution is 9.10. The Bertz CT molecular complexity index is 1190. The van der Waals surface area contributed by atoms with E-state index in [1.165, 1.54) is 25.3 Å². The van der Waals surface area contributed by atoms with E-state index in [4.69, 9.17) is 13.9 Å². The van der Waals surface area contributed by atoms with Gasteiger partial charge in [0.1, 0.15) is 17.2 Å². The third-order valence-corrected chi connectivity index (χ3v) is 5.93. The monoisotopic (exact) mass is 547 g/mol. The number of nitrogens with zero attached hydrogens (tertiary/aromatic N) is 2. The molecule has 0 saturated carbocycles. The fraction of sp³-hybridized carbons (Fsp3) is 0.304. The second-order valence-corrected chi connectivity index (χ2v) is 8.46. The molecule has 0 radical (unpaired) electrons. The Morgan fingerprint density at radius 3 is 2.66 bits per heavy atom. The van der Waals surface area contributed by atoms with Crippen LogP contribution in [0.1, 0.15) is 21.9 Å². The molecule has 2 fully saturated rings. The molecule has 2 aromatic rings. The molecule has 35 heavy (non-hydrogen) atoms. The van der Waals surface area contributed by atoms with Gasteiger partial charge in [0, 0.05) is 13.1 Å². The summed E-state index contributed by atoms with van der Waals surface area (Å²) in [6.45, 7) is 1.86. The van der Waals surface area contributed by atoms with E-state index in [1.807, 2.05) is 0 Å². The summed E-state index contributed by atoms with van der Waals surface area (Å²) >= 11 is 3.41. The quantitative estimate of drug-likeness (QED) is 0.317. The van der Waals surface area contributed by atoms with E-state index in [9.17, 15) is 19.2 Å². The maximum atomic E-state index is 12.8. The van der Waals surface area contributed by atoms with Gasteiger partial charge in [0.25, 0.3) is 11.8 Å². The van der Waals surface area contributed by atoms with Gasteiger partial charge in [0.15, 0.2) is 6.61 Å². The lowest BCUT2D eigenvalue weighted by Crippen LogP contribution is -2.43. The van der Waals surface area contributed by atoms with Gasteiger partial charge in [-0.15, -0.1) is 0 Å². The molecule has 0 unspecified atom stereocenters. The van der Waals surface area contributed by atoms with Crippen molar-refractivity contribution in [3.8, 4) is 5.75 Å². The summed E-state index contributed by atoms with van der Waals surface area (Å²) in [6.07, 6.45) is 1.52. The molecule has 0 bridgehead atoms. The number of rotatable bonds is 7. The zero-order valence-electron chi connectivity index (χ0n) is 18.7. The summed E-state index contributed by atoms with van der Waals surface area (Å²) in [5, 5.41) is 2.53. The van der Waals surface area contributed by atoms with E-state index >= 15 is 0 Å². The van der Waals surface area contributed by atoms with E-state index in [2.05, 4.69) is 26.0 Å². The van der Waals surface area contributed by atoms with Crippen molar-refractivity contribution in [2.24, 2.45) is 0 Å². The summed E-state index contributed by atoms with van der Waals surface area (Å²) in [4.78, 5) is 51.5. The standard InChI is InChI=1S/C23H22BrN3O8/c1-32-22(30)19-5-3-15(35-19)12-27-21(29)17(25-23(27)31)11-14-2-4-18(16(24)10-14)34-13-20(28)26-6-8-33-9-7-26/h2-5,10-11H,6-9,12-13H2,1H3,(H,25,31)/b17-11-. The van der Waals surface area contributed by atoms with Crippen LogP contribution < -0.4 is 10.1 Å². The van der Waals surface area contributed by atoms with Crippen LogP contribution in [0.5, 0.6) is 5.75 Å². The number of benzene rings is 1. The molecule has 11 nitrogen and oxygen atoms in total. The Morgan fingerprint density at radius 2 is 1.94 bits per heavy atom. The largest absolute Gasteiger partial charge is 0.483 e. The lowest BCUT2D eigenvalue weighted by Gasteiger charge is -2.26. The predicted molar refractivity (Wildman–Crippen MR) is 124 cm³/mol. The van der Waals surface area contributed by atoms with E-state index in [1.54, 1.807) is 23.1 Å². The van der Waals surface area contributed by atoms with Gasteiger partial charge in [-0.2, -0.15) is 0 Å². The molecule has 3 heterocycles. The van der Waals surface area contributed by atoms with Crippen molar-refractivity contribution in [1.82, 2.24) is 15.1 Å². The summed E-state index contributed by atoms with van der Waals surface area (Å²) in [5.41, 5.74) is 0.706. The number of methoxy groups -OCH3 is 1. The normalized spacial score (nSPS) is 17.0. The van der Waals surface area contributed by atoms with E-state index < -0.39 is 17.9 Å². The Balaban J connectivity index is 1.39. The van der Waals surface area contributed by atoms with Crippen molar-refractivity contribution in [1.29, 1.82) is 0 Å². The van der Waals surface area contributed by atoms with Crippen molar-refractivity contribution in [3.63, 3.8) is 0 Å². The Morgan fingerprint density at radius 1 is 1.17 bits per heavy atom. The Labute approximate surface area is 208 Å². The molecule has 184 valence electrons. The first-order valence-corrected chi connectivity index (χ1v) is 11.4. The van der Waals surface area contributed by atoms with Gasteiger partial charge in [-0.1, -0.05) is 6.07 Å². The smallest absolute Gasteiger partial charge is 0.373 e. The number of nitrogens with one attached hydrogen (secondary N) is 1. The fourth-order valence-electron chi connectivity index (χ4n) is 3.48. The number of morpholine rings is 1. The zero-order valence-corrected chi connectivity index (χ0v) is 20.3. The lowest BCUT2D eigenvalue weighted by atomic mass is 10.2. The van der Waals surface area contributed by atoms with Crippen LogP contribution in [0.25, 0.3) is 6.08 Å². The third kappa shape index (κ3) is 5.72. The summed E-state index contributed by atoms with van der Waals surface area (Å²) < 4.78 is 21.4. The molecule has 4 amide bonds. The highest BCUT2D eigenvalue weighted by Gasteiger charge is 2.34. The Hall–Kier alpha value is -3.64. The van der Waals surface area contributed by atoms with Gasteiger partial charge in [-0.3, -0.25) is 14.5 Å². The van der Waals surface area contributed by atoms with Gasteiger partial charge in [-0.25, -0.2) is 9.59 Å². The van der Waals surface area contributed by atoms with Gasteiger partial charge in [0.2, 0.25) is 5.76 Å². The minimum absolute atomic E-state index is 0.0240. The molecule has 2 aliphatic heterocycles. The average molecular weight is 548 g/mol. The third-order valence-electron chi connectivity index (χ3n) is 5.31. The molecular weight excluding hydrogens is 526 g/mol. The number of imide groups is 1. The molecule has 2 aliphatic rings. The average Bonchev–Trinajstić information content (AvgIpc) is 3.44. The summed E-state index contributed by atoms with van der Waals surface area (Å²) in [6, 6.07) is 7.36. The molecule has 0 aliphatic carbocycles. The lowest BCUT2D eigenvalue weighted by molar-refractivity contribution is -0.137. The number of halogens is 1. The van der Waals surface area contributed by atoms with Crippen LogP contribution >= 0.6 is 15.9 Å². The van der Waals surface area contributed by atoms with Crippen LogP contribution in [0.2, 0.25) is 0 Å². The van der Waals surface area contributed by atoms with Crippen molar-refractivity contribution in [2.75, 3.05) is 40.0 Å². The SMILES string of the molecule is COC(=O)c1ccc(CN2C(=O)N/C(=C\c3ccc(OCC(=O)N4CCOCC4)c(Br)c3)C2=O)o1. The molecule has 4 rings (SSSR count). The second-order valence-electron chi connectivity index (χ2n) is 7.61. The summed E-state index contributed by atoms with van der Waals surface area (Å²) in [5.74, 6) is -0.622. The van der Waals surface area contributed by atoms with Crippen molar-refractivity contribution >= 4 is 45.8 Å². The first-order chi connectivity index (χ1) is 16.9. The predicted octanol–water partition coefficient (Wildman–Crippen LogP) is 2.16. The van der Waals surface area contributed by atoms with Crippen LogP contribution in [0.15, 0.2) is 44.9 Å². The molecule has 1 aromatic heterocycles. The number of carbonyl (C=O) groups is 4. The number of hydrogen-bond donors (Lipinski definition) is 1. The molecular formula is C23H22BrN3O8. The number of furan rings is 1. The van der Waals surface area contributed by atoms with Crippen molar-refractivity contribution in [2.45, 2.75) is 6.54 Å². The fourth-order valence-corrected chi connectivity index (χ4v) is 3.99. The van der Waals surface area contributed by atoms with Crippen LogP contribution in [0.4, 0.5) is 4.79 Å². The van der Waals surface area contributed by atoms with Gasteiger partial charge < -0.3 is 28.8 Å². The van der Waals surface area contributed by atoms with E-state index in [0.717, 1.165) is 4.90 Å². The maximum Gasteiger partial charge on any atom is 0.373 e. The molecule has 1 N–H and O–H groups in total. The molecule has 12 heteroatoms. The number of ether oxygens (including phenoxy) is 3. The topological polar surface area (TPSA) is 128 Å². The van der Waals surface area contributed by atoms with Crippen LogP contribution in [-0.4, -0.2) is 73.6 Å². The first-order valence-electron chi connectivity index (χ1n) is 10.6. The molecule has 0 spiro atoms.